The van der Waals surface area contributed by atoms with E-state index in [0.29, 0.717) is 30.4 Å². The van der Waals surface area contributed by atoms with Crippen LogP contribution in [0.4, 0.5) is 0 Å². The number of piperidine rings is 1. The molecule has 26 heavy (non-hydrogen) atoms. The summed E-state index contributed by atoms with van der Waals surface area (Å²) in [5.41, 5.74) is 1.77. The van der Waals surface area contributed by atoms with Crippen LogP contribution < -0.4 is 0 Å². The molecular formula is C19H21N5O2. The third-order valence-electron chi connectivity index (χ3n) is 4.68. The topological polar surface area (TPSA) is 77.1 Å². The molecule has 0 N–H and O–H groups in total. The van der Waals surface area contributed by atoms with E-state index >= 15 is 0 Å². The van der Waals surface area contributed by atoms with E-state index in [-0.39, 0.29) is 11.8 Å². The van der Waals surface area contributed by atoms with Crippen molar-refractivity contribution in [3.8, 4) is 0 Å². The molecule has 7 nitrogen and oxygen atoms in total. The van der Waals surface area contributed by atoms with E-state index in [1.54, 1.807) is 17.8 Å². The van der Waals surface area contributed by atoms with Gasteiger partial charge in [-0.2, -0.15) is 10.1 Å². The summed E-state index contributed by atoms with van der Waals surface area (Å²) in [6.07, 6.45) is 5.36. The highest BCUT2D eigenvalue weighted by Crippen LogP contribution is 2.25. The Bertz CT molecular complexity index is 886. The average Bonchev–Trinajstić information content (AvgIpc) is 3.31. The molecule has 0 aliphatic carbocycles. The van der Waals surface area contributed by atoms with Crippen LogP contribution in [-0.4, -0.2) is 43.8 Å². The maximum Gasteiger partial charge on any atom is 0.257 e. The highest BCUT2D eigenvalue weighted by atomic mass is 16.5. The number of nitrogens with zero attached hydrogens (tertiary/aromatic N) is 5. The summed E-state index contributed by atoms with van der Waals surface area (Å²) < 4.78 is 6.88. The maximum atomic E-state index is 12.9. The molecular weight excluding hydrogens is 330 g/mol. The number of aromatic nitrogens is 4. The number of carbonyl (C=O) groups is 1. The van der Waals surface area contributed by atoms with Crippen molar-refractivity contribution >= 4 is 5.91 Å². The van der Waals surface area contributed by atoms with Gasteiger partial charge in [-0.25, -0.2) is 0 Å². The van der Waals surface area contributed by atoms with E-state index in [0.717, 1.165) is 24.9 Å². The molecule has 7 heteroatoms. The first-order valence-electron chi connectivity index (χ1n) is 8.85. The van der Waals surface area contributed by atoms with Crippen LogP contribution in [0.2, 0.25) is 0 Å². The highest BCUT2D eigenvalue weighted by molar-refractivity contribution is 5.93. The third-order valence-corrected chi connectivity index (χ3v) is 4.68. The van der Waals surface area contributed by atoms with E-state index in [9.17, 15) is 4.79 Å². The summed E-state index contributed by atoms with van der Waals surface area (Å²) in [6, 6.07) is 10.1. The van der Waals surface area contributed by atoms with Crippen LogP contribution >= 0.6 is 0 Å². The molecule has 0 saturated carbocycles. The normalized spacial score (nSPS) is 17.4. The zero-order valence-corrected chi connectivity index (χ0v) is 14.7. The lowest BCUT2D eigenvalue weighted by atomic mass is 9.97. The molecule has 1 aliphatic rings. The van der Waals surface area contributed by atoms with Gasteiger partial charge in [-0.15, -0.1) is 0 Å². The smallest absolute Gasteiger partial charge is 0.257 e. The maximum absolute atomic E-state index is 12.9. The van der Waals surface area contributed by atoms with Gasteiger partial charge in [0.2, 0.25) is 5.89 Å². The minimum Gasteiger partial charge on any atom is -0.340 e. The predicted molar refractivity (Wildman–Crippen MR) is 94.7 cm³/mol. The molecule has 4 rings (SSSR count). The number of carbonyl (C=O) groups excluding carboxylic acids is 1. The summed E-state index contributed by atoms with van der Waals surface area (Å²) in [5.74, 6) is 1.39. The predicted octanol–water partition coefficient (Wildman–Crippen LogP) is 2.64. The van der Waals surface area contributed by atoms with Crippen LogP contribution in [0, 0.1) is 6.92 Å². The standard InChI is InChI=1S/C19H21N5O2/c1-14-21-18(22-26-14)16-8-5-9-23(12-16)19(25)17-10-20-24(13-17)11-15-6-3-2-4-7-15/h2-4,6-7,10,13,16H,5,8-9,11-12H2,1H3/t16-/m0/s1. The first-order chi connectivity index (χ1) is 12.7. The Morgan fingerprint density at radius 3 is 2.92 bits per heavy atom. The van der Waals surface area contributed by atoms with E-state index in [4.69, 9.17) is 4.52 Å². The fourth-order valence-electron chi connectivity index (χ4n) is 3.37. The summed E-state index contributed by atoms with van der Waals surface area (Å²) in [5, 5.41) is 8.35. The Balaban J connectivity index is 1.44. The van der Waals surface area contributed by atoms with E-state index in [1.165, 1.54) is 0 Å². The Hall–Kier alpha value is -2.96. The third kappa shape index (κ3) is 3.51. The lowest BCUT2D eigenvalue weighted by molar-refractivity contribution is 0.0703. The molecule has 1 aliphatic heterocycles. The Kier molecular flexibility index (Phi) is 4.51. The van der Waals surface area contributed by atoms with Gasteiger partial charge in [0.1, 0.15) is 0 Å². The second-order valence-electron chi connectivity index (χ2n) is 6.67. The number of benzene rings is 1. The Morgan fingerprint density at radius 1 is 1.31 bits per heavy atom. The van der Waals surface area contributed by atoms with Gasteiger partial charge < -0.3 is 9.42 Å². The number of hydrogen-bond donors (Lipinski definition) is 0. The van der Waals surface area contributed by atoms with Crippen LogP contribution in [0.1, 0.15) is 46.4 Å². The van der Waals surface area contributed by atoms with Crippen LogP contribution in [0.25, 0.3) is 0 Å². The van der Waals surface area contributed by atoms with Gasteiger partial charge in [0.05, 0.1) is 18.3 Å². The van der Waals surface area contributed by atoms with Crippen LogP contribution in [-0.2, 0) is 6.54 Å². The number of hydrogen-bond acceptors (Lipinski definition) is 5. The highest BCUT2D eigenvalue weighted by Gasteiger charge is 2.28. The molecule has 1 aromatic carbocycles. The van der Waals surface area contributed by atoms with Gasteiger partial charge in [0.25, 0.3) is 5.91 Å². The van der Waals surface area contributed by atoms with Crippen molar-refractivity contribution in [1.29, 1.82) is 0 Å². The molecule has 0 spiro atoms. The summed E-state index contributed by atoms with van der Waals surface area (Å²) in [6.45, 7) is 3.79. The Labute approximate surface area is 151 Å². The van der Waals surface area contributed by atoms with Crippen molar-refractivity contribution in [3.05, 3.63) is 65.6 Å². The van der Waals surface area contributed by atoms with Crippen molar-refractivity contribution in [2.45, 2.75) is 32.2 Å². The molecule has 0 radical (unpaired) electrons. The van der Waals surface area contributed by atoms with Gasteiger partial charge >= 0.3 is 0 Å². The van der Waals surface area contributed by atoms with Gasteiger partial charge in [-0.05, 0) is 18.4 Å². The Morgan fingerprint density at radius 2 is 2.15 bits per heavy atom. The molecule has 3 heterocycles. The van der Waals surface area contributed by atoms with E-state index in [2.05, 4.69) is 15.2 Å². The number of aryl methyl sites for hydroxylation is 1. The fraction of sp³-hybridized carbons (Fsp3) is 0.368. The zero-order valence-electron chi connectivity index (χ0n) is 14.7. The molecule has 2 aromatic heterocycles. The summed E-state index contributed by atoms with van der Waals surface area (Å²) in [4.78, 5) is 19.0. The first-order valence-corrected chi connectivity index (χ1v) is 8.85. The van der Waals surface area contributed by atoms with Crippen molar-refractivity contribution in [2.75, 3.05) is 13.1 Å². The molecule has 3 aromatic rings. The minimum atomic E-state index is 0.00854. The summed E-state index contributed by atoms with van der Waals surface area (Å²) >= 11 is 0. The van der Waals surface area contributed by atoms with Crippen molar-refractivity contribution in [3.63, 3.8) is 0 Å². The van der Waals surface area contributed by atoms with Crippen LogP contribution in [0.3, 0.4) is 0 Å². The summed E-state index contributed by atoms with van der Waals surface area (Å²) in [7, 11) is 0. The molecule has 134 valence electrons. The molecule has 1 atom stereocenters. The van der Waals surface area contributed by atoms with Gasteiger partial charge in [-0.1, -0.05) is 35.5 Å². The number of amides is 1. The lowest BCUT2D eigenvalue weighted by Crippen LogP contribution is -2.39. The number of rotatable bonds is 4. The second kappa shape index (κ2) is 7.11. The monoisotopic (exact) mass is 351 g/mol. The van der Waals surface area contributed by atoms with Crippen molar-refractivity contribution < 1.29 is 9.32 Å². The van der Waals surface area contributed by atoms with E-state index in [1.807, 2.05) is 41.4 Å². The number of likely N-dealkylation sites (tertiary alicyclic amines) is 1. The van der Waals surface area contributed by atoms with Gasteiger partial charge in [0.15, 0.2) is 5.82 Å². The average molecular weight is 351 g/mol. The van der Waals surface area contributed by atoms with E-state index < -0.39 is 0 Å². The minimum absolute atomic E-state index is 0.00854. The molecule has 1 amide bonds. The van der Waals surface area contributed by atoms with Crippen LogP contribution in [0.15, 0.2) is 47.2 Å². The fourth-order valence-corrected chi connectivity index (χ4v) is 3.37. The SMILES string of the molecule is Cc1nc([C@H]2CCCN(C(=O)c3cnn(Cc4ccccc4)c3)C2)no1. The molecule has 0 bridgehead atoms. The van der Waals surface area contributed by atoms with Gasteiger partial charge in [0, 0.05) is 32.1 Å². The quantitative estimate of drug-likeness (QED) is 0.722. The second-order valence-corrected chi connectivity index (χ2v) is 6.67. The molecule has 1 saturated heterocycles. The first kappa shape index (κ1) is 16.5. The lowest BCUT2D eigenvalue weighted by Gasteiger charge is -2.31. The zero-order chi connectivity index (χ0) is 17.9. The van der Waals surface area contributed by atoms with Crippen molar-refractivity contribution in [2.24, 2.45) is 0 Å². The molecule has 0 unspecified atom stereocenters. The van der Waals surface area contributed by atoms with Gasteiger partial charge in [-0.3, -0.25) is 9.48 Å². The van der Waals surface area contributed by atoms with Crippen LogP contribution in [0.5, 0.6) is 0 Å². The molecule has 1 fully saturated rings. The largest absolute Gasteiger partial charge is 0.340 e. The van der Waals surface area contributed by atoms with Crippen molar-refractivity contribution in [1.82, 2.24) is 24.8 Å².